The zero-order valence-corrected chi connectivity index (χ0v) is 12.1. The van der Waals surface area contributed by atoms with Gasteiger partial charge in [-0.3, -0.25) is 0 Å². The van der Waals surface area contributed by atoms with Crippen LogP contribution in [0.5, 0.6) is 0 Å². The van der Waals surface area contributed by atoms with E-state index >= 15 is 0 Å². The smallest absolute Gasteiger partial charge is 0.0322 e. The number of hydrogen-bond acceptors (Lipinski definition) is 1. The summed E-state index contributed by atoms with van der Waals surface area (Å²) in [4.78, 5) is 0. The maximum Gasteiger partial charge on any atom is 0.0322 e. The summed E-state index contributed by atoms with van der Waals surface area (Å²) in [5, 5.41) is 3.62. The first-order valence-electron chi connectivity index (χ1n) is 7.40. The third-order valence-corrected chi connectivity index (χ3v) is 3.37. The molecule has 2 aromatic carbocycles. The van der Waals surface area contributed by atoms with Gasteiger partial charge in [0.1, 0.15) is 0 Å². The van der Waals surface area contributed by atoms with Gasteiger partial charge in [-0.15, -0.1) is 0 Å². The lowest BCUT2D eigenvalue weighted by atomic mass is 10.0. The zero-order chi connectivity index (χ0) is 14.0. The lowest BCUT2D eigenvalue weighted by Gasteiger charge is -2.17. The molecule has 0 bridgehead atoms. The fourth-order valence-corrected chi connectivity index (χ4v) is 2.33. The van der Waals surface area contributed by atoms with Gasteiger partial charge in [0, 0.05) is 12.6 Å². The lowest BCUT2D eigenvalue weighted by molar-refractivity contribution is 0.521. The lowest BCUT2D eigenvalue weighted by Crippen LogP contribution is -2.21. The van der Waals surface area contributed by atoms with E-state index in [-0.39, 0.29) is 0 Å². The van der Waals surface area contributed by atoms with Crippen molar-refractivity contribution in [3.63, 3.8) is 0 Å². The van der Waals surface area contributed by atoms with Crippen molar-refractivity contribution in [2.45, 2.75) is 25.8 Å². The van der Waals surface area contributed by atoms with Crippen LogP contribution < -0.4 is 5.32 Å². The maximum absolute atomic E-state index is 3.62. The Morgan fingerprint density at radius 2 is 1.60 bits per heavy atom. The Balaban J connectivity index is 1.88. The first-order chi connectivity index (χ1) is 9.90. The predicted molar refractivity (Wildman–Crippen MR) is 87.6 cm³/mol. The van der Waals surface area contributed by atoms with Crippen molar-refractivity contribution in [3.05, 3.63) is 77.9 Å². The van der Waals surface area contributed by atoms with E-state index in [1.54, 1.807) is 0 Å². The molecule has 0 amide bonds. The standard InChI is InChI=1S/C19H23N/c1-2-10-19(18-14-7-4-8-15-18)20-16-9-13-17-11-5-3-6-12-17/h3-9,11-15,19-20H,2,10,16H2,1H3/b13-9+. The topological polar surface area (TPSA) is 12.0 Å². The highest BCUT2D eigenvalue weighted by molar-refractivity contribution is 5.48. The summed E-state index contributed by atoms with van der Waals surface area (Å²) in [5.74, 6) is 0. The molecule has 0 aliphatic rings. The van der Waals surface area contributed by atoms with E-state index in [1.807, 2.05) is 6.07 Å². The Morgan fingerprint density at radius 3 is 2.25 bits per heavy atom. The summed E-state index contributed by atoms with van der Waals surface area (Å²) in [6.45, 7) is 3.13. The fourth-order valence-electron chi connectivity index (χ4n) is 2.33. The van der Waals surface area contributed by atoms with Gasteiger partial charge in [-0.25, -0.2) is 0 Å². The van der Waals surface area contributed by atoms with E-state index < -0.39 is 0 Å². The summed E-state index contributed by atoms with van der Waals surface area (Å²) in [6, 6.07) is 21.6. The van der Waals surface area contributed by atoms with Gasteiger partial charge in [-0.1, -0.05) is 86.2 Å². The van der Waals surface area contributed by atoms with Gasteiger partial charge in [-0.05, 0) is 17.5 Å². The van der Waals surface area contributed by atoms with Gasteiger partial charge in [0.2, 0.25) is 0 Å². The number of nitrogens with one attached hydrogen (secondary N) is 1. The third-order valence-electron chi connectivity index (χ3n) is 3.37. The summed E-state index contributed by atoms with van der Waals surface area (Å²) in [7, 11) is 0. The van der Waals surface area contributed by atoms with Crippen LogP contribution in [0, 0.1) is 0 Å². The van der Waals surface area contributed by atoms with E-state index in [0.29, 0.717) is 6.04 Å². The predicted octanol–water partition coefficient (Wildman–Crippen LogP) is 4.83. The average Bonchev–Trinajstić information content (AvgIpc) is 2.52. The highest BCUT2D eigenvalue weighted by Gasteiger charge is 2.07. The highest BCUT2D eigenvalue weighted by atomic mass is 14.9. The van der Waals surface area contributed by atoms with E-state index in [1.165, 1.54) is 24.0 Å². The summed E-state index contributed by atoms with van der Waals surface area (Å²) >= 11 is 0. The molecule has 0 aliphatic carbocycles. The number of benzene rings is 2. The van der Waals surface area contributed by atoms with Crippen molar-refractivity contribution in [2.75, 3.05) is 6.54 Å². The van der Waals surface area contributed by atoms with Gasteiger partial charge in [0.05, 0.1) is 0 Å². The second kappa shape index (κ2) is 8.34. The van der Waals surface area contributed by atoms with Crippen LogP contribution in [0.25, 0.3) is 6.08 Å². The molecule has 1 unspecified atom stereocenters. The van der Waals surface area contributed by atoms with Gasteiger partial charge < -0.3 is 5.32 Å². The maximum atomic E-state index is 3.62. The van der Waals surface area contributed by atoms with Crippen molar-refractivity contribution >= 4 is 6.08 Å². The van der Waals surface area contributed by atoms with Crippen LogP contribution in [0.4, 0.5) is 0 Å². The summed E-state index contributed by atoms with van der Waals surface area (Å²) in [5.41, 5.74) is 2.63. The van der Waals surface area contributed by atoms with Crippen LogP contribution in [-0.2, 0) is 0 Å². The number of rotatable bonds is 7. The minimum atomic E-state index is 0.446. The molecule has 20 heavy (non-hydrogen) atoms. The molecule has 2 rings (SSSR count). The molecular weight excluding hydrogens is 242 g/mol. The summed E-state index contributed by atoms with van der Waals surface area (Å²) < 4.78 is 0. The molecule has 1 heteroatoms. The van der Waals surface area contributed by atoms with E-state index in [4.69, 9.17) is 0 Å². The molecule has 104 valence electrons. The second-order valence-corrected chi connectivity index (χ2v) is 4.97. The van der Waals surface area contributed by atoms with Crippen molar-refractivity contribution in [1.82, 2.24) is 5.32 Å². The Labute approximate surface area is 122 Å². The first kappa shape index (κ1) is 14.5. The van der Waals surface area contributed by atoms with Gasteiger partial charge in [0.15, 0.2) is 0 Å². The highest BCUT2D eigenvalue weighted by Crippen LogP contribution is 2.17. The molecule has 0 aliphatic heterocycles. The van der Waals surface area contributed by atoms with Crippen molar-refractivity contribution < 1.29 is 0 Å². The molecule has 1 nitrogen and oxygen atoms in total. The Morgan fingerprint density at radius 1 is 0.950 bits per heavy atom. The number of hydrogen-bond donors (Lipinski definition) is 1. The monoisotopic (exact) mass is 265 g/mol. The molecule has 0 saturated heterocycles. The zero-order valence-electron chi connectivity index (χ0n) is 12.1. The minimum absolute atomic E-state index is 0.446. The molecule has 1 atom stereocenters. The molecule has 0 spiro atoms. The second-order valence-electron chi connectivity index (χ2n) is 4.97. The van der Waals surface area contributed by atoms with Crippen LogP contribution in [0.15, 0.2) is 66.7 Å². The van der Waals surface area contributed by atoms with Crippen molar-refractivity contribution in [2.24, 2.45) is 0 Å². The Bertz CT molecular complexity index is 502. The van der Waals surface area contributed by atoms with Gasteiger partial charge in [0.25, 0.3) is 0 Å². The third kappa shape index (κ3) is 4.67. The van der Waals surface area contributed by atoms with Gasteiger partial charge >= 0.3 is 0 Å². The van der Waals surface area contributed by atoms with Crippen LogP contribution >= 0.6 is 0 Å². The largest absolute Gasteiger partial charge is 0.306 e. The Hall–Kier alpha value is -1.86. The normalized spacial score (nSPS) is 12.7. The first-order valence-corrected chi connectivity index (χ1v) is 7.40. The fraction of sp³-hybridized carbons (Fsp3) is 0.263. The Kier molecular flexibility index (Phi) is 6.07. The van der Waals surface area contributed by atoms with E-state index in [0.717, 1.165) is 6.54 Å². The van der Waals surface area contributed by atoms with E-state index in [2.05, 4.69) is 79.0 Å². The van der Waals surface area contributed by atoms with Crippen LogP contribution in [0.3, 0.4) is 0 Å². The minimum Gasteiger partial charge on any atom is -0.306 e. The molecule has 0 aromatic heterocycles. The summed E-state index contributed by atoms with van der Waals surface area (Å²) in [6.07, 6.45) is 6.72. The van der Waals surface area contributed by atoms with Crippen molar-refractivity contribution in [1.29, 1.82) is 0 Å². The van der Waals surface area contributed by atoms with Crippen LogP contribution in [-0.4, -0.2) is 6.54 Å². The molecule has 0 radical (unpaired) electrons. The molecule has 0 fully saturated rings. The molecule has 0 saturated carbocycles. The average molecular weight is 265 g/mol. The van der Waals surface area contributed by atoms with Gasteiger partial charge in [-0.2, -0.15) is 0 Å². The quantitative estimate of drug-likeness (QED) is 0.756. The molecule has 0 heterocycles. The molecular formula is C19H23N. The van der Waals surface area contributed by atoms with Crippen LogP contribution in [0.1, 0.15) is 36.9 Å². The SMILES string of the molecule is CCCC(NC/C=C/c1ccccc1)c1ccccc1. The van der Waals surface area contributed by atoms with Crippen molar-refractivity contribution in [3.8, 4) is 0 Å². The van der Waals surface area contributed by atoms with E-state index in [9.17, 15) is 0 Å². The molecule has 1 N–H and O–H groups in total. The molecule has 2 aromatic rings. The van der Waals surface area contributed by atoms with Crippen LogP contribution in [0.2, 0.25) is 0 Å².